The summed E-state index contributed by atoms with van der Waals surface area (Å²) in [6, 6.07) is 5.73. The maximum atomic E-state index is 6.13. The molecule has 4 heteroatoms. The fourth-order valence-corrected chi connectivity index (χ4v) is 1.95. The molecule has 15 heavy (non-hydrogen) atoms. The molecule has 2 N–H and O–H groups in total. The first-order chi connectivity index (χ1) is 7.10. The number of nitrogens with two attached hydrogens (primary N) is 1. The summed E-state index contributed by atoms with van der Waals surface area (Å²) in [6.45, 7) is 5.60. The van der Waals surface area contributed by atoms with E-state index in [-0.39, 0.29) is 6.04 Å². The van der Waals surface area contributed by atoms with E-state index in [0.717, 1.165) is 12.2 Å². The monoisotopic (exact) mass is 246 g/mol. The Hall–Kier alpha value is -0.440. The summed E-state index contributed by atoms with van der Waals surface area (Å²) in [6.07, 6.45) is 0. The summed E-state index contributed by atoms with van der Waals surface area (Å²) in [7, 11) is 0. The number of rotatable bonds is 4. The van der Waals surface area contributed by atoms with Gasteiger partial charge < -0.3 is 10.6 Å². The van der Waals surface area contributed by atoms with Crippen LogP contribution >= 0.6 is 23.2 Å². The highest BCUT2D eigenvalue weighted by Gasteiger charge is 2.14. The van der Waals surface area contributed by atoms with Crippen molar-refractivity contribution in [3.63, 3.8) is 0 Å². The molecule has 1 atom stereocenters. The SMILES string of the molecule is CCN(c1cc(Cl)ccc1Cl)C(C)CN. The van der Waals surface area contributed by atoms with Crippen molar-refractivity contribution in [2.75, 3.05) is 18.0 Å². The van der Waals surface area contributed by atoms with Crippen LogP contribution in [-0.4, -0.2) is 19.1 Å². The van der Waals surface area contributed by atoms with E-state index in [9.17, 15) is 0 Å². The zero-order valence-electron chi connectivity index (χ0n) is 9.00. The van der Waals surface area contributed by atoms with Gasteiger partial charge in [0.2, 0.25) is 0 Å². The second kappa shape index (κ2) is 5.59. The minimum absolute atomic E-state index is 0.256. The molecule has 0 saturated carbocycles. The molecule has 1 rings (SSSR count). The molecule has 0 aliphatic heterocycles. The normalized spacial score (nSPS) is 12.6. The molecule has 0 aliphatic rings. The molecule has 0 saturated heterocycles. The van der Waals surface area contributed by atoms with Gasteiger partial charge in [0.15, 0.2) is 0 Å². The molecular weight excluding hydrogens is 231 g/mol. The molecule has 0 spiro atoms. The number of benzene rings is 1. The van der Waals surface area contributed by atoms with Crippen LogP contribution < -0.4 is 10.6 Å². The molecule has 2 nitrogen and oxygen atoms in total. The van der Waals surface area contributed by atoms with Crippen LogP contribution in [0.25, 0.3) is 0 Å². The molecule has 84 valence electrons. The summed E-state index contributed by atoms with van der Waals surface area (Å²) in [5, 5.41) is 1.40. The van der Waals surface area contributed by atoms with Crippen molar-refractivity contribution in [3.8, 4) is 0 Å². The molecule has 1 aromatic rings. The van der Waals surface area contributed by atoms with Gasteiger partial charge in [-0.2, -0.15) is 0 Å². The summed E-state index contributed by atoms with van der Waals surface area (Å²) >= 11 is 12.1. The largest absolute Gasteiger partial charge is 0.367 e. The molecule has 0 radical (unpaired) electrons. The van der Waals surface area contributed by atoms with Crippen molar-refractivity contribution in [1.82, 2.24) is 0 Å². The number of likely N-dealkylation sites (N-methyl/N-ethyl adjacent to an activating group) is 1. The van der Waals surface area contributed by atoms with Crippen LogP contribution in [0.3, 0.4) is 0 Å². The van der Waals surface area contributed by atoms with Crippen LogP contribution in [0.5, 0.6) is 0 Å². The average Bonchev–Trinajstić information content (AvgIpc) is 2.23. The lowest BCUT2D eigenvalue weighted by Crippen LogP contribution is -2.38. The van der Waals surface area contributed by atoms with Crippen LogP contribution in [0.15, 0.2) is 18.2 Å². The van der Waals surface area contributed by atoms with Gasteiger partial charge in [-0.3, -0.25) is 0 Å². The number of halogens is 2. The Morgan fingerprint density at radius 1 is 1.40 bits per heavy atom. The topological polar surface area (TPSA) is 29.3 Å². The van der Waals surface area contributed by atoms with Gasteiger partial charge in [-0.05, 0) is 32.0 Å². The van der Waals surface area contributed by atoms with Crippen molar-refractivity contribution >= 4 is 28.9 Å². The van der Waals surface area contributed by atoms with Gasteiger partial charge in [-0.1, -0.05) is 23.2 Å². The maximum Gasteiger partial charge on any atom is 0.0640 e. The van der Waals surface area contributed by atoms with E-state index < -0.39 is 0 Å². The summed E-state index contributed by atoms with van der Waals surface area (Å²) in [5.74, 6) is 0. The van der Waals surface area contributed by atoms with Gasteiger partial charge in [0.1, 0.15) is 0 Å². The quantitative estimate of drug-likeness (QED) is 0.885. The maximum absolute atomic E-state index is 6.13. The van der Waals surface area contributed by atoms with Gasteiger partial charge in [-0.25, -0.2) is 0 Å². The van der Waals surface area contributed by atoms with Crippen molar-refractivity contribution < 1.29 is 0 Å². The number of hydrogen-bond acceptors (Lipinski definition) is 2. The first kappa shape index (κ1) is 12.6. The fraction of sp³-hybridized carbons (Fsp3) is 0.455. The minimum atomic E-state index is 0.256. The Balaban J connectivity index is 3.05. The Kier molecular flexibility index (Phi) is 4.71. The van der Waals surface area contributed by atoms with Gasteiger partial charge >= 0.3 is 0 Å². The number of hydrogen-bond donors (Lipinski definition) is 1. The number of nitrogens with zero attached hydrogens (tertiary/aromatic N) is 1. The van der Waals surface area contributed by atoms with E-state index in [4.69, 9.17) is 28.9 Å². The van der Waals surface area contributed by atoms with Gasteiger partial charge in [-0.15, -0.1) is 0 Å². The highest BCUT2D eigenvalue weighted by molar-refractivity contribution is 6.35. The van der Waals surface area contributed by atoms with Crippen molar-refractivity contribution in [3.05, 3.63) is 28.2 Å². The molecule has 0 amide bonds. The third kappa shape index (κ3) is 3.00. The van der Waals surface area contributed by atoms with Crippen molar-refractivity contribution in [2.45, 2.75) is 19.9 Å². The number of anilines is 1. The second-order valence-electron chi connectivity index (χ2n) is 3.47. The molecule has 1 unspecified atom stereocenters. The van der Waals surface area contributed by atoms with Crippen LogP contribution in [0.4, 0.5) is 5.69 Å². The van der Waals surface area contributed by atoms with E-state index in [1.807, 2.05) is 12.1 Å². The highest BCUT2D eigenvalue weighted by Crippen LogP contribution is 2.29. The summed E-state index contributed by atoms with van der Waals surface area (Å²) < 4.78 is 0. The molecule has 0 fully saturated rings. The lowest BCUT2D eigenvalue weighted by atomic mass is 10.2. The van der Waals surface area contributed by atoms with Crippen LogP contribution in [0, 0.1) is 0 Å². The minimum Gasteiger partial charge on any atom is -0.367 e. The third-order valence-corrected chi connectivity index (χ3v) is 2.99. The average molecular weight is 247 g/mol. The first-order valence-electron chi connectivity index (χ1n) is 5.01. The molecular formula is C11H16Cl2N2. The molecule has 0 heterocycles. The lowest BCUT2D eigenvalue weighted by molar-refractivity contribution is 0.657. The summed E-state index contributed by atoms with van der Waals surface area (Å²) in [5.41, 5.74) is 6.60. The highest BCUT2D eigenvalue weighted by atomic mass is 35.5. The Labute approximate surface area is 101 Å². The van der Waals surface area contributed by atoms with Gasteiger partial charge in [0.25, 0.3) is 0 Å². The van der Waals surface area contributed by atoms with Crippen molar-refractivity contribution in [1.29, 1.82) is 0 Å². The Morgan fingerprint density at radius 2 is 2.07 bits per heavy atom. The van der Waals surface area contributed by atoms with Gasteiger partial charge in [0, 0.05) is 24.2 Å². The fourth-order valence-electron chi connectivity index (χ4n) is 1.55. The van der Waals surface area contributed by atoms with E-state index in [1.165, 1.54) is 0 Å². The predicted octanol–water partition coefficient (Wildman–Crippen LogP) is 3.17. The van der Waals surface area contributed by atoms with E-state index >= 15 is 0 Å². The van der Waals surface area contributed by atoms with Crippen LogP contribution in [0.1, 0.15) is 13.8 Å². The summed E-state index contributed by atoms with van der Waals surface area (Å²) in [4.78, 5) is 2.15. The molecule has 1 aromatic carbocycles. The zero-order chi connectivity index (χ0) is 11.4. The lowest BCUT2D eigenvalue weighted by Gasteiger charge is -2.30. The van der Waals surface area contributed by atoms with E-state index in [2.05, 4.69) is 18.7 Å². The molecule has 0 aromatic heterocycles. The smallest absolute Gasteiger partial charge is 0.0640 e. The predicted molar refractivity (Wildman–Crippen MR) is 68.0 cm³/mol. The first-order valence-corrected chi connectivity index (χ1v) is 5.77. The zero-order valence-corrected chi connectivity index (χ0v) is 10.5. The standard InChI is InChI=1S/C11H16Cl2N2/c1-3-15(8(2)7-14)11-6-9(12)4-5-10(11)13/h4-6,8H,3,7,14H2,1-2H3. The molecule has 0 bridgehead atoms. The van der Waals surface area contributed by atoms with Gasteiger partial charge in [0.05, 0.1) is 10.7 Å². The van der Waals surface area contributed by atoms with Crippen LogP contribution in [0.2, 0.25) is 10.0 Å². The van der Waals surface area contributed by atoms with Crippen molar-refractivity contribution in [2.24, 2.45) is 5.73 Å². The third-order valence-electron chi connectivity index (χ3n) is 2.43. The van der Waals surface area contributed by atoms with Crippen LogP contribution in [-0.2, 0) is 0 Å². The second-order valence-corrected chi connectivity index (χ2v) is 4.31. The Bertz CT molecular complexity index is 328. The molecule has 0 aliphatic carbocycles. The van der Waals surface area contributed by atoms with E-state index in [0.29, 0.717) is 16.6 Å². The Morgan fingerprint density at radius 3 is 2.60 bits per heavy atom. The van der Waals surface area contributed by atoms with E-state index in [1.54, 1.807) is 6.07 Å².